The maximum Gasteiger partial charge on any atom is 0.322 e. The van der Waals surface area contributed by atoms with Crippen LogP contribution < -0.4 is 5.32 Å². The monoisotopic (exact) mass is 343 g/mol. The molecular weight excluding hydrogens is 322 g/mol. The van der Waals surface area contributed by atoms with Crippen LogP contribution in [0.5, 0.6) is 5.75 Å². The highest BCUT2D eigenvalue weighted by Gasteiger charge is 2.16. The predicted molar refractivity (Wildman–Crippen MR) is 95.5 cm³/mol. The Morgan fingerprint density at radius 3 is 2.48 bits per heavy atom. The number of nitro benzene ring substituents is 1. The molecule has 0 atom stereocenters. The number of non-ortho nitro benzene ring substituents is 1. The minimum atomic E-state index is -0.489. The molecule has 0 spiro atoms. The van der Waals surface area contributed by atoms with Crippen LogP contribution in [0, 0.1) is 10.1 Å². The summed E-state index contributed by atoms with van der Waals surface area (Å²) in [6.07, 6.45) is 1.77. The normalized spacial score (nSPS) is 10.3. The number of urea groups is 1. The van der Waals surface area contributed by atoms with Crippen molar-refractivity contribution in [1.82, 2.24) is 4.90 Å². The molecule has 0 fully saturated rings. The Morgan fingerprint density at radius 1 is 1.20 bits per heavy atom. The lowest BCUT2D eigenvalue weighted by atomic mass is 10.2. The van der Waals surface area contributed by atoms with Gasteiger partial charge < -0.3 is 15.3 Å². The summed E-state index contributed by atoms with van der Waals surface area (Å²) in [4.78, 5) is 24.4. The van der Waals surface area contributed by atoms with Gasteiger partial charge in [0.15, 0.2) is 0 Å². The third-order valence-corrected chi connectivity index (χ3v) is 3.75. The van der Waals surface area contributed by atoms with Gasteiger partial charge in [0.2, 0.25) is 0 Å². The van der Waals surface area contributed by atoms with Gasteiger partial charge in [0.05, 0.1) is 11.5 Å². The lowest BCUT2D eigenvalue weighted by Gasteiger charge is -2.23. The van der Waals surface area contributed by atoms with E-state index in [1.165, 1.54) is 24.3 Å². The number of para-hydroxylation sites is 1. The molecule has 0 unspecified atom stereocenters. The Hall–Kier alpha value is -3.09. The van der Waals surface area contributed by atoms with Gasteiger partial charge in [-0.25, -0.2) is 4.79 Å². The second kappa shape index (κ2) is 8.68. The van der Waals surface area contributed by atoms with E-state index >= 15 is 0 Å². The van der Waals surface area contributed by atoms with E-state index in [2.05, 4.69) is 5.32 Å². The number of aromatic hydroxyl groups is 1. The quantitative estimate of drug-likeness (QED) is 0.583. The second-order valence-corrected chi connectivity index (χ2v) is 5.64. The highest BCUT2D eigenvalue weighted by molar-refractivity contribution is 5.89. The molecule has 2 aromatic carbocycles. The molecule has 2 rings (SSSR count). The Bertz CT molecular complexity index is 731. The zero-order valence-electron chi connectivity index (χ0n) is 14.0. The molecule has 7 nitrogen and oxygen atoms in total. The molecule has 0 aliphatic carbocycles. The third-order valence-electron chi connectivity index (χ3n) is 3.75. The van der Waals surface area contributed by atoms with Crippen molar-refractivity contribution in [2.75, 3.05) is 11.9 Å². The maximum atomic E-state index is 12.6. The molecule has 2 amide bonds. The number of hydrogen-bond donors (Lipinski definition) is 2. The van der Waals surface area contributed by atoms with Crippen molar-refractivity contribution in [2.24, 2.45) is 0 Å². The number of nitrogens with one attached hydrogen (secondary N) is 1. The first kappa shape index (κ1) is 18.3. The van der Waals surface area contributed by atoms with E-state index in [4.69, 9.17) is 0 Å². The number of carbonyl (C=O) groups is 1. The van der Waals surface area contributed by atoms with Crippen molar-refractivity contribution in [3.8, 4) is 5.75 Å². The van der Waals surface area contributed by atoms with E-state index in [0.717, 1.165) is 12.8 Å². The Labute approximate surface area is 146 Å². The molecule has 2 aromatic rings. The zero-order valence-corrected chi connectivity index (χ0v) is 14.0. The highest BCUT2D eigenvalue weighted by atomic mass is 16.6. The molecule has 0 heterocycles. The summed E-state index contributed by atoms with van der Waals surface area (Å²) in [5, 5.41) is 23.3. The molecular formula is C18H21N3O4. The molecule has 0 saturated heterocycles. The van der Waals surface area contributed by atoms with Crippen molar-refractivity contribution in [2.45, 2.75) is 26.3 Å². The summed E-state index contributed by atoms with van der Waals surface area (Å²) in [7, 11) is 0. The third kappa shape index (κ3) is 5.20. The summed E-state index contributed by atoms with van der Waals surface area (Å²) < 4.78 is 0. The lowest BCUT2D eigenvalue weighted by Crippen LogP contribution is -2.35. The standard InChI is InChI=1S/C18H21N3O4/c1-2-3-12-20(13-14-6-4-5-7-17(14)22)18(23)19-15-8-10-16(11-9-15)21(24)25/h4-11,22H,2-3,12-13H2,1H3,(H,19,23). The van der Waals surface area contributed by atoms with E-state index in [1.807, 2.05) is 6.92 Å². The van der Waals surface area contributed by atoms with Gasteiger partial charge in [-0.3, -0.25) is 10.1 Å². The van der Waals surface area contributed by atoms with Crippen LogP contribution in [0.25, 0.3) is 0 Å². The average molecular weight is 343 g/mol. The van der Waals surface area contributed by atoms with Gasteiger partial charge >= 0.3 is 6.03 Å². The van der Waals surface area contributed by atoms with E-state index in [0.29, 0.717) is 17.8 Å². The van der Waals surface area contributed by atoms with Crippen LogP contribution in [-0.2, 0) is 6.54 Å². The molecule has 0 aliphatic rings. The van der Waals surface area contributed by atoms with Crippen molar-refractivity contribution < 1.29 is 14.8 Å². The predicted octanol–water partition coefficient (Wildman–Crippen LogP) is 4.13. The first-order valence-electron chi connectivity index (χ1n) is 8.08. The summed E-state index contributed by atoms with van der Waals surface area (Å²) in [5.41, 5.74) is 1.11. The fourth-order valence-electron chi connectivity index (χ4n) is 2.32. The van der Waals surface area contributed by atoms with Crippen LogP contribution in [0.1, 0.15) is 25.3 Å². The number of unbranched alkanes of at least 4 members (excludes halogenated alkanes) is 1. The largest absolute Gasteiger partial charge is 0.508 e. The van der Waals surface area contributed by atoms with Crippen LogP contribution in [0.15, 0.2) is 48.5 Å². The summed E-state index contributed by atoms with van der Waals surface area (Å²) in [6, 6.07) is 12.2. The van der Waals surface area contributed by atoms with Crippen LogP contribution in [0.3, 0.4) is 0 Å². The number of rotatable bonds is 7. The molecule has 0 saturated carbocycles. The minimum absolute atomic E-state index is 0.0324. The molecule has 25 heavy (non-hydrogen) atoms. The Morgan fingerprint density at radius 2 is 1.88 bits per heavy atom. The van der Waals surface area contributed by atoms with Gasteiger partial charge in [-0.1, -0.05) is 31.5 Å². The smallest absolute Gasteiger partial charge is 0.322 e. The number of carbonyl (C=O) groups excluding carboxylic acids is 1. The summed E-state index contributed by atoms with van der Waals surface area (Å²) >= 11 is 0. The SMILES string of the molecule is CCCCN(Cc1ccccc1O)C(=O)Nc1ccc([N+](=O)[O-])cc1. The zero-order chi connectivity index (χ0) is 18.2. The second-order valence-electron chi connectivity index (χ2n) is 5.64. The van der Waals surface area contributed by atoms with E-state index in [1.54, 1.807) is 29.2 Å². The molecule has 0 aromatic heterocycles. The Balaban J connectivity index is 2.09. The van der Waals surface area contributed by atoms with Gasteiger partial charge in [0.25, 0.3) is 5.69 Å². The number of amides is 2. The van der Waals surface area contributed by atoms with Gasteiger partial charge in [0, 0.05) is 29.9 Å². The van der Waals surface area contributed by atoms with Gasteiger partial charge in [0.1, 0.15) is 5.75 Å². The van der Waals surface area contributed by atoms with Gasteiger partial charge in [-0.05, 0) is 24.6 Å². The van der Waals surface area contributed by atoms with Crippen LogP contribution in [0.2, 0.25) is 0 Å². The van der Waals surface area contributed by atoms with Crippen LogP contribution >= 0.6 is 0 Å². The molecule has 132 valence electrons. The number of nitro groups is 1. The number of hydrogen-bond acceptors (Lipinski definition) is 4. The Kier molecular flexibility index (Phi) is 6.33. The van der Waals surface area contributed by atoms with Crippen LogP contribution in [-0.4, -0.2) is 27.5 Å². The first-order chi connectivity index (χ1) is 12.0. The molecule has 0 aliphatic heterocycles. The average Bonchev–Trinajstić information content (AvgIpc) is 2.60. The summed E-state index contributed by atoms with van der Waals surface area (Å²) in [5.74, 6) is 0.145. The fraction of sp³-hybridized carbons (Fsp3) is 0.278. The lowest BCUT2D eigenvalue weighted by molar-refractivity contribution is -0.384. The van der Waals surface area contributed by atoms with Crippen molar-refractivity contribution in [1.29, 1.82) is 0 Å². The number of anilines is 1. The highest BCUT2D eigenvalue weighted by Crippen LogP contribution is 2.20. The molecule has 0 radical (unpaired) electrons. The number of phenolic OH excluding ortho intramolecular Hbond substituents is 1. The van der Waals surface area contributed by atoms with Crippen molar-refractivity contribution in [3.63, 3.8) is 0 Å². The van der Waals surface area contributed by atoms with E-state index in [-0.39, 0.29) is 24.0 Å². The summed E-state index contributed by atoms with van der Waals surface area (Å²) in [6.45, 7) is 2.86. The van der Waals surface area contributed by atoms with Gasteiger partial charge in [-0.15, -0.1) is 0 Å². The van der Waals surface area contributed by atoms with Crippen molar-refractivity contribution in [3.05, 3.63) is 64.2 Å². The topological polar surface area (TPSA) is 95.7 Å². The number of benzene rings is 2. The number of phenols is 1. The number of nitrogens with zero attached hydrogens (tertiary/aromatic N) is 2. The van der Waals surface area contributed by atoms with E-state index < -0.39 is 4.92 Å². The molecule has 0 bridgehead atoms. The minimum Gasteiger partial charge on any atom is -0.508 e. The van der Waals surface area contributed by atoms with Crippen LogP contribution in [0.4, 0.5) is 16.2 Å². The maximum absolute atomic E-state index is 12.6. The molecule has 7 heteroatoms. The van der Waals surface area contributed by atoms with E-state index in [9.17, 15) is 20.0 Å². The van der Waals surface area contributed by atoms with Gasteiger partial charge in [-0.2, -0.15) is 0 Å². The van der Waals surface area contributed by atoms with Crippen molar-refractivity contribution >= 4 is 17.4 Å². The first-order valence-corrected chi connectivity index (χ1v) is 8.08. The molecule has 2 N–H and O–H groups in total. The fourth-order valence-corrected chi connectivity index (χ4v) is 2.32.